The van der Waals surface area contributed by atoms with Crippen molar-refractivity contribution in [3.05, 3.63) is 48.6 Å². The molecule has 0 aromatic heterocycles. The minimum absolute atomic E-state index is 0.0231. The molecule has 1 N–H and O–H groups in total. The molecule has 0 spiro atoms. The van der Waals surface area contributed by atoms with Gasteiger partial charge in [-0.2, -0.15) is 13.2 Å². The lowest BCUT2D eigenvalue weighted by atomic mass is 9.87. The van der Waals surface area contributed by atoms with E-state index in [1.807, 2.05) is 0 Å². The first kappa shape index (κ1) is 17.9. The third-order valence-corrected chi connectivity index (χ3v) is 4.67. The Hall–Kier alpha value is -1.14. The fourth-order valence-corrected chi connectivity index (χ4v) is 2.75. The summed E-state index contributed by atoms with van der Waals surface area (Å²) in [4.78, 5) is 0. The highest BCUT2D eigenvalue weighted by molar-refractivity contribution is 7.84. The molecule has 21 heavy (non-hydrogen) atoms. The maximum Gasteiger partial charge on any atom is 0.411 e. The van der Waals surface area contributed by atoms with E-state index >= 15 is 0 Å². The number of hydrogen-bond donors (Lipinski definition) is 1. The van der Waals surface area contributed by atoms with Gasteiger partial charge in [-0.1, -0.05) is 36.4 Å². The van der Waals surface area contributed by atoms with Gasteiger partial charge in [-0.3, -0.25) is 0 Å². The Kier molecular flexibility index (Phi) is 5.39. The summed E-state index contributed by atoms with van der Waals surface area (Å²) in [6.45, 7) is 8.28. The van der Waals surface area contributed by atoms with E-state index in [1.54, 1.807) is 26.8 Å². The first-order valence-electron chi connectivity index (χ1n) is 6.47. The highest BCUT2D eigenvalue weighted by Crippen LogP contribution is 2.42. The molecular formula is C15H20F3NOS. The molecule has 0 aliphatic rings. The van der Waals surface area contributed by atoms with Crippen molar-refractivity contribution < 1.29 is 17.4 Å². The molecule has 0 saturated carbocycles. The molecule has 1 aromatic rings. The molecule has 0 amide bonds. The Morgan fingerprint density at radius 2 is 1.71 bits per heavy atom. The Balaban J connectivity index is 3.40. The molecule has 0 saturated heterocycles. The lowest BCUT2D eigenvalue weighted by Crippen LogP contribution is -2.56. The van der Waals surface area contributed by atoms with Crippen LogP contribution in [-0.4, -0.2) is 15.1 Å². The zero-order chi connectivity index (χ0) is 16.3. The van der Waals surface area contributed by atoms with Gasteiger partial charge in [0, 0.05) is 0 Å². The summed E-state index contributed by atoms with van der Waals surface area (Å²) >= 11 is 0. The quantitative estimate of drug-likeness (QED) is 0.814. The number of nitrogens with one attached hydrogen (secondary N) is 1. The average Bonchev–Trinajstić information content (AvgIpc) is 2.36. The van der Waals surface area contributed by atoms with Crippen molar-refractivity contribution >= 4 is 11.0 Å². The lowest BCUT2D eigenvalue weighted by molar-refractivity contribution is -0.193. The summed E-state index contributed by atoms with van der Waals surface area (Å²) in [7, 11) is -1.87. The zero-order valence-corrected chi connectivity index (χ0v) is 13.1. The maximum atomic E-state index is 13.8. The largest absolute Gasteiger partial charge is 0.411 e. The Morgan fingerprint density at radius 3 is 2.10 bits per heavy atom. The van der Waals surface area contributed by atoms with Crippen molar-refractivity contribution in [2.75, 3.05) is 0 Å². The van der Waals surface area contributed by atoms with Crippen LogP contribution in [0.25, 0.3) is 0 Å². The molecular weight excluding hydrogens is 299 g/mol. The molecule has 118 valence electrons. The van der Waals surface area contributed by atoms with Crippen LogP contribution in [0.3, 0.4) is 0 Å². The van der Waals surface area contributed by atoms with Gasteiger partial charge in [-0.15, -0.1) is 6.58 Å². The first-order chi connectivity index (χ1) is 9.54. The van der Waals surface area contributed by atoms with Crippen LogP contribution in [0.1, 0.15) is 32.8 Å². The average molecular weight is 319 g/mol. The molecule has 0 bridgehead atoms. The summed E-state index contributed by atoms with van der Waals surface area (Å²) in [5.41, 5.74) is -2.39. The van der Waals surface area contributed by atoms with E-state index in [9.17, 15) is 17.4 Å². The maximum absolute atomic E-state index is 13.8. The van der Waals surface area contributed by atoms with E-state index in [1.165, 1.54) is 30.3 Å². The van der Waals surface area contributed by atoms with Gasteiger partial charge in [-0.05, 0) is 32.8 Å². The van der Waals surface area contributed by atoms with E-state index < -0.39 is 33.9 Å². The second kappa shape index (κ2) is 6.32. The second-order valence-corrected chi connectivity index (χ2v) is 7.71. The van der Waals surface area contributed by atoms with Crippen LogP contribution in [0.4, 0.5) is 13.2 Å². The van der Waals surface area contributed by atoms with Crippen LogP contribution in [0, 0.1) is 0 Å². The minimum Gasteiger partial charge on any atom is -0.242 e. The van der Waals surface area contributed by atoms with Crippen molar-refractivity contribution in [3.8, 4) is 0 Å². The van der Waals surface area contributed by atoms with Crippen molar-refractivity contribution in [3.63, 3.8) is 0 Å². The van der Waals surface area contributed by atoms with Crippen molar-refractivity contribution in [1.29, 1.82) is 0 Å². The highest BCUT2D eigenvalue weighted by Gasteiger charge is 2.56. The zero-order valence-electron chi connectivity index (χ0n) is 12.3. The second-order valence-electron chi connectivity index (χ2n) is 5.75. The van der Waals surface area contributed by atoms with Gasteiger partial charge in [0.05, 0.1) is 15.7 Å². The molecule has 1 rings (SSSR count). The highest BCUT2D eigenvalue weighted by atomic mass is 32.2. The molecule has 0 aliphatic heterocycles. The number of rotatable bonds is 5. The van der Waals surface area contributed by atoms with Crippen LogP contribution < -0.4 is 4.72 Å². The van der Waals surface area contributed by atoms with Gasteiger partial charge in [0.15, 0.2) is 5.54 Å². The summed E-state index contributed by atoms with van der Waals surface area (Å²) in [6.07, 6.45) is -3.82. The van der Waals surface area contributed by atoms with Crippen molar-refractivity contribution in [2.24, 2.45) is 0 Å². The molecule has 0 radical (unpaired) electrons. The number of hydrogen-bond acceptors (Lipinski definition) is 1. The van der Waals surface area contributed by atoms with Gasteiger partial charge in [0.2, 0.25) is 0 Å². The number of halogens is 3. The smallest absolute Gasteiger partial charge is 0.242 e. The molecule has 6 heteroatoms. The topological polar surface area (TPSA) is 29.1 Å². The van der Waals surface area contributed by atoms with Gasteiger partial charge in [0.1, 0.15) is 0 Å². The molecule has 2 nitrogen and oxygen atoms in total. The van der Waals surface area contributed by atoms with Gasteiger partial charge < -0.3 is 0 Å². The summed E-state index contributed by atoms with van der Waals surface area (Å²) < 4.78 is 55.0. The minimum atomic E-state index is -4.61. The molecule has 0 heterocycles. The van der Waals surface area contributed by atoms with Gasteiger partial charge >= 0.3 is 6.18 Å². The Morgan fingerprint density at radius 1 is 1.19 bits per heavy atom. The molecule has 2 atom stereocenters. The lowest BCUT2D eigenvalue weighted by Gasteiger charge is -2.37. The van der Waals surface area contributed by atoms with E-state index in [2.05, 4.69) is 11.3 Å². The van der Waals surface area contributed by atoms with E-state index in [4.69, 9.17) is 0 Å². The van der Waals surface area contributed by atoms with Crippen LogP contribution in [-0.2, 0) is 16.5 Å². The van der Waals surface area contributed by atoms with Crippen LogP contribution >= 0.6 is 0 Å². The SMILES string of the molecule is C=CC[C@](N[S@@](=O)C(C)(C)C)(c1ccccc1)C(F)(F)F. The standard InChI is InChI=1S/C15H20F3NOS/c1-5-11-14(15(16,17)18,12-9-7-6-8-10-12)19-21(20)13(2,3)4/h5-10,19H,1,11H2,2-4H3/t14-,21-/m0/s1. The van der Waals surface area contributed by atoms with Gasteiger partial charge in [0.25, 0.3) is 0 Å². The normalized spacial score (nSPS) is 17.0. The third-order valence-electron chi connectivity index (χ3n) is 3.02. The summed E-state index contributed by atoms with van der Waals surface area (Å²) in [6, 6.07) is 7.45. The summed E-state index contributed by atoms with van der Waals surface area (Å²) in [5.74, 6) is 0. The third kappa shape index (κ3) is 3.95. The van der Waals surface area contributed by atoms with E-state index in [-0.39, 0.29) is 5.56 Å². The van der Waals surface area contributed by atoms with Gasteiger partial charge in [-0.25, -0.2) is 8.93 Å². The van der Waals surface area contributed by atoms with Crippen molar-refractivity contribution in [2.45, 2.75) is 43.7 Å². The first-order valence-corrected chi connectivity index (χ1v) is 7.62. The fourth-order valence-electron chi connectivity index (χ4n) is 1.81. The van der Waals surface area contributed by atoms with Crippen molar-refractivity contribution in [1.82, 2.24) is 4.72 Å². The molecule has 0 aliphatic carbocycles. The molecule has 0 fully saturated rings. The van der Waals surface area contributed by atoms with Crippen LogP contribution in [0.2, 0.25) is 0 Å². The van der Waals surface area contributed by atoms with E-state index in [0.29, 0.717) is 0 Å². The monoisotopic (exact) mass is 319 g/mol. The molecule has 0 unspecified atom stereocenters. The summed E-state index contributed by atoms with van der Waals surface area (Å²) in [5, 5.41) is 0. The van der Waals surface area contributed by atoms with Crippen LogP contribution in [0.15, 0.2) is 43.0 Å². The van der Waals surface area contributed by atoms with E-state index in [0.717, 1.165) is 0 Å². The van der Waals surface area contributed by atoms with Crippen LogP contribution in [0.5, 0.6) is 0 Å². The fraction of sp³-hybridized carbons (Fsp3) is 0.467. The Labute approximate surface area is 126 Å². The number of alkyl halides is 3. The Bertz CT molecular complexity index is 508. The predicted molar refractivity (Wildman–Crippen MR) is 80.0 cm³/mol. The predicted octanol–water partition coefficient (Wildman–Crippen LogP) is 4.07. The number of benzene rings is 1. The molecule has 1 aromatic carbocycles.